The highest BCUT2D eigenvalue weighted by Crippen LogP contribution is 2.30. The second-order valence-electron chi connectivity index (χ2n) is 4.77. The molecule has 3 aromatic carbocycles. The molecule has 106 valence electrons. The van der Waals surface area contributed by atoms with Crippen molar-refractivity contribution in [3.05, 3.63) is 70.7 Å². The molecule has 3 rings (SSSR count). The van der Waals surface area contributed by atoms with Crippen molar-refractivity contribution in [2.45, 2.75) is 10.6 Å². The van der Waals surface area contributed by atoms with E-state index >= 15 is 0 Å². The lowest BCUT2D eigenvalue weighted by Crippen LogP contribution is -1.87. The highest BCUT2D eigenvalue weighted by molar-refractivity contribution is 9.10. The largest absolute Gasteiger partial charge is 0.496 e. The summed E-state index contributed by atoms with van der Waals surface area (Å²) in [6, 6.07) is 21.3. The van der Waals surface area contributed by atoms with Crippen LogP contribution >= 0.6 is 27.7 Å². The molecule has 0 atom stereocenters. The van der Waals surface area contributed by atoms with Crippen molar-refractivity contribution in [1.29, 1.82) is 0 Å². The van der Waals surface area contributed by atoms with Gasteiger partial charge in [-0.1, -0.05) is 36.4 Å². The molecule has 3 heteroatoms. The number of benzene rings is 3. The van der Waals surface area contributed by atoms with Gasteiger partial charge in [0.2, 0.25) is 0 Å². The van der Waals surface area contributed by atoms with Gasteiger partial charge in [-0.05, 0) is 56.5 Å². The van der Waals surface area contributed by atoms with Gasteiger partial charge in [0.05, 0.1) is 11.6 Å². The maximum Gasteiger partial charge on any atom is 0.133 e. The van der Waals surface area contributed by atoms with Gasteiger partial charge in [0, 0.05) is 10.6 Å². The summed E-state index contributed by atoms with van der Waals surface area (Å²) in [6.07, 6.45) is 0. The van der Waals surface area contributed by atoms with Crippen molar-refractivity contribution in [3.8, 4) is 5.75 Å². The highest BCUT2D eigenvalue weighted by Gasteiger charge is 2.03. The Labute approximate surface area is 137 Å². The zero-order chi connectivity index (χ0) is 14.7. The van der Waals surface area contributed by atoms with Gasteiger partial charge >= 0.3 is 0 Å². The molecule has 0 amide bonds. The molecule has 0 aliphatic rings. The number of fused-ring (bicyclic) bond motifs is 1. The van der Waals surface area contributed by atoms with Crippen molar-refractivity contribution in [2.75, 3.05) is 7.11 Å². The third-order valence-electron chi connectivity index (χ3n) is 3.34. The summed E-state index contributed by atoms with van der Waals surface area (Å²) in [5.74, 6) is 1.82. The van der Waals surface area contributed by atoms with Crippen LogP contribution in [-0.4, -0.2) is 7.11 Å². The number of thioether (sulfide) groups is 1. The molecule has 3 aromatic rings. The number of halogens is 1. The molecule has 0 saturated carbocycles. The monoisotopic (exact) mass is 358 g/mol. The topological polar surface area (TPSA) is 9.23 Å². The van der Waals surface area contributed by atoms with Crippen LogP contribution in [0.15, 0.2) is 70.0 Å². The summed E-state index contributed by atoms with van der Waals surface area (Å²) in [4.78, 5) is 1.29. The van der Waals surface area contributed by atoms with Crippen molar-refractivity contribution in [1.82, 2.24) is 0 Å². The van der Waals surface area contributed by atoms with E-state index in [1.807, 2.05) is 17.8 Å². The van der Waals surface area contributed by atoms with E-state index in [-0.39, 0.29) is 0 Å². The molecular weight excluding hydrogens is 344 g/mol. The number of rotatable bonds is 4. The Morgan fingerprint density at radius 2 is 1.76 bits per heavy atom. The third kappa shape index (κ3) is 3.42. The Kier molecular flexibility index (Phi) is 4.51. The van der Waals surface area contributed by atoms with E-state index in [2.05, 4.69) is 70.5 Å². The van der Waals surface area contributed by atoms with Gasteiger partial charge in [0.15, 0.2) is 0 Å². The predicted octanol–water partition coefficient (Wildman–Crippen LogP) is 5.90. The molecule has 0 aromatic heterocycles. The number of hydrogen-bond donors (Lipinski definition) is 0. The summed E-state index contributed by atoms with van der Waals surface area (Å²) in [5.41, 5.74) is 1.28. The maximum atomic E-state index is 5.26. The smallest absolute Gasteiger partial charge is 0.133 e. The lowest BCUT2D eigenvalue weighted by molar-refractivity contribution is 0.412. The second kappa shape index (κ2) is 6.54. The van der Waals surface area contributed by atoms with Crippen LogP contribution in [0.1, 0.15) is 5.56 Å². The molecule has 0 fully saturated rings. The number of hydrogen-bond acceptors (Lipinski definition) is 2. The fraction of sp³-hybridized carbons (Fsp3) is 0.111. The van der Waals surface area contributed by atoms with Crippen LogP contribution in [0.2, 0.25) is 0 Å². The SMILES string of the molecule is COc1ccc(CSc2ccc3ccccc3c2)cc1Br. The van der Waals surface area contributed by atoms with Crippen molar-refractivity contribution >= 4 is 38.5 Å². The molecule has 0 aliphatic carbocycles. The zero-order valence-electron chi connectivity index (χ0n) is 11.7. The van der Waals surface area contributed by atoms with Crippen LogP contribution in [0.25, 0.3) is 10.8 Å². The minimum absolute atomic E-state index is 0.870. The summed E-state index contributed by atoms with van der Waals surface area (Å²) in [7, 11) is 1.68. The molecule has 0 aliphatic heterocycles. The van der Waals surface area contributed by atoms with Crippen LogP contribution in [-0.2, 0) is 5.75 Å². The van der Waals surface area contributed by atoms with Gasteiger partial charge in [-0.2, -0.15) is 0 Å². The molecule has 0 saturated heterocycles. The second-order valence-corrected chi connectivity index (χ2v) is 6.67. The summed E-state index contributed by atoms with van der Waals surface area (Å²) < 4.78 is 6.26. The first kappa shape index (κ1) is 14.5. The van der Waals surface area contributed by atoms with Crippen LogP contribution in [0.3, 0.4) is 0 Å². The standard InChI is InChI=1S/C18H15BrOS/c1-20-18-9-6-13(10-17(18)19)12-21-16-8-7-14-4-2-3-5-15(14)11-16/h2-11H,12H2,1H3. The van der Waals surface area contributed by atoms with E-state index in [4.69, 9.17) is 4.74 Å². The Hall–Kier alpha value is -1.45. The van der Waals surface area contributed by atoms with Crippen molar-refractivity contribution < 1.29 is 4.74 Å². The number of methoxy groups -OCH3 is 1. The summed E-state index contributed by atoms with van der Waals surface area (Å²) >= 11 is 5.38. The van der Waals surface area contributed by atoms with Gasteiger partial charge in [0.1, 0.15) is 5.75 Å². The molecule has 0 unspecified atom stereocenters. The fourth-order valence-electron chi connectivity index (χ4n) is 2.22. The third-order valence-corrected chi connectivity index (χ3v) is 5.03. The first-order chi connectivity index (χ1) is 10.3. The molecule has 21 heavy (non-hydrogen) atoms. The van der Waals surface area contributed by atoms with Crippen LogP contribution < -0.4 is 4.74 Å². The van der Waals surface area contributed by atoms with E-state index in [1.165, 1.54) is 21.2 Å². The van der Waals surface area contributed by atoms with Gasteiger partial charge < -0.3 is 4.74 Å². The summed E-state index contributed by atoms with van der Waals surface area (Å²) in [6.45, 7) is 0. The maximum absolute atomic E-state index is 5.26. The normalized spacial score (nSPS) is 10.8. The minimum Gasteiger partial charge on any atom is -0.496 e. The average Bonchev–Trinajstić information content (AvgIpc) is 2.53. The Morgan fingerprint density at radius 3 is 2.52 bits per heavy atom. The molecule has 0 bridgehead atoms. The molecule has 0 N–H and O–H groups in total. The lowest BCUT2D eigenvalue weighted by Gasteiger charge is -2.07. The highest BCUT2D eigenvalue weighted by atomic mass is 79.9. The molecule has 0 heterocycles. The van der Waals surface area contributed by atoms with Gasteiger partial charge in [-0.15, -0.1) is 11.8 Å². The molecule has 0 radical (unpaired) electrons. The van der Waals surface area contributed by atoms with Crippen molar-refractivity contribution in [3.63, 3.8) is 0 Å². The molecule has 1 nitrogen and oxygen atoms in total. The number of ether oxygens (including phenoxy) is 1. The molecular formula is C18H15BrOS. The first-order valence-corrected chi connectivity index (χ1v) is 8.48. The Bertz CT molecular complexity index is 770. The van der Waals surface area contributed by atoms with E-state index in [0.29, 0.717) is 0 Å². The van der Waals surface area contributed by atoms with E-state index in [9.17, 15) is 0 Å². The van der Waals surface area contributed by atoms with Crippen LogP contribution in [0.5, 0.6) is 5.75 Å². The quantitative estimate of drug-likeness (QED) is 0.536. The van der Waals surface area contributed by atoms with E-state index < -0.39 is 0 Å². The Morgan fingerprint density at radius 1 is 0.952 bits per heavy atom. The van der Waals surface area contributed by atoms with Gasteiger partial charge in [-0.25, -0.2) is 0 Å². The minimum atomic E-state index is 0.870. The predicted molar refractivity (Wildman–Crippen MR) is 94.2 cm³/mol. The van der Waals surface area contributed by atoms with Crippen LogP contribution in [0.4, 0.5) is 0 Å². The zero-order valence-corrected chi connectivity index (χ0v) is 14.1. The first-order valence-electron chi connectivity index (χ1n) is 6.70. The van der Waals surface area contributed by atoms with Gasteiger partial charge in [0.25, 0.3) is 0 Å². The Balaban J connectivity index is 1.75. The fourth-order valence-corrected chi connectivity index (χ4v) is 3.70. The van der Waals surface area contributed by atoms with Gasteiger partial charge in [-0.3, -0.25) is 0 Å². The van der Waals surface area contributed by atoms with E-state index in [0.717, 1.165) is 16.0 Å². The summed E-state index contributed by atoms with van der Waals surface area (Å²) in [5, 5.41) is 2.58. The lowest BCUT2D eigenvalue weighted by atomic mass is 10.1. The van der Waals surface area contributed by atoms with Crippen LogP contribution in [0, 0.1) is 0 Å². The van der Waals surface area contributed by atoms with Crippen molar-refractivity contribution in [2.24, 2.45) is 0 Å². The van der Waals surface area contributed by atoms with E-state index in [1.54, 1.807) is 7.11 Å². The average molecular weight is 359 g/mol. The molecule has 0 spiro atoms.